The Bertz CT molecular complexity index is 513. The van der Waals surface area contributed by atoms with Crippen LogP contribution in [0.1, 0.15) is 37.7 Å². The predicted molar refractivity (Wildman–Crippen MR) is 82.7 cm³/mol. The van der Waals surface area contributed by atoms with Gasteiger partial charge in [0.05, 0.1) is 12.8 Å². The smallest absolute Gasteiger partial charge is 0.428 e. The molecule has 0 saturated carbocycles. The number of carbonyl (C=O) groups excluding carboxylic acids is 1. The Kier molecular flexibility index (Phi) is 5.96. The van der Waals surface area contributed by atoms with Gasteiger partial charge in [-0.2, -0.15) is 5.10 Å². The van der Waals surface area contributed by atoms with Crippen LogP contribution in [0.15, 0.2) is 11.2 Å². The molecule has 0 aliphatic heterocycles. The molecule has 0 atom stereocenters. The minimum absolute atomic E-state index is 0.532. The zero-order chi connectivity index (χ0) is 16.0. The van der Waals surface area contributed by atoms with Gasteiger partial charge in [0, 0.05) is 30.6 Å². The normalized spacial score (nSPS) is 11.9. The highest BCUT2D eigenvalue weighted by atomic mass is 16.6. The lowest BCUT2D eigenvalue weighted by molar-refractivity contribution is 0.0529. The van der Waals surface area contributed by atoms with E-state index in [9.17, 15) is 4.79 Å². The van der Waals surface area contributed by atoms with Gasteiger partial charge >= 0.3 is 6.09 Å². The molecule has 1 rings (SSSR count). The van der Waals surface area contributed by atoms with Gasteiger partial charge in [0.25, 0.3) is 0 Å². The van der Waals surface area contributed by atoms with Crippen LogP contribution >= 0.6 is 0 Å². The van der Waals surface area contributed by atoms with Gasteiger partial charge in [-0.25, -0.2) is 10.2 Å². The Morgan fingerprint density at radius 1 is 1.43 bits per heavy atom. The van der Waals surface area contributed by atoms with E-state index in [1.54, 1.807) is 34.1 Å². The van der Waals surface area contributed by atoms with E-state index in [2.05, 4.69) is 15.1 Å². The maximum atomic E-state index is 11.5. The fraction of sp³-hybridized carbons (Fsp3) is 0.600. The summed E-state index contributed by atoms with van der Waals surface area (Å²) in [5.74, 6) is 0. The summed E-state index contributed by atoms with van der Waals surface area (Å²) in [5, 5.41) is 3.93. The number of rotatable bonds is 5. The topological polar surface area (TPSA) is 64.8 Å². The second-order valence-corrected chi connectivity index (χ2v) is 5.84. The molecule has 118 valence electrons. The molecule has 0 unspecified atom stereocenters. The molecular weight excluding hydrogens is 270 g/mol. The van der Waals surface area contributed by atoms with E-state index in [0.717, 1.165) is 23.5 Å². The van der Waals surface area contributed by atoms with Gasteiger partial charge in [0.15, 0.2) is 0 Å². The number of hydrazone groups is 1. The molecule has 0 aliphatic carbocycles. The molecule has 0 aliphatic rings. The number of nitrogens with one attached hydrogen (secondary N) is 1. The summed E-state index contributed by atoms with van der Waals surface area (Å²) in [7, 11) is 1.68. The van der Waals surface area contributed by atoms with Crippen molar-refractivity contribution < 1.29 is 14.3 Å². The first-order valence-corrected chi connectivity index (χ1v) is 6.92. The van der Waals surface area contributed by atoms with E-state index in [0.29, 0.717) is 6.61 Å². The van der Waals surface area contributed by atoms with Gasteiger partial charge in [-0.1, -0.05) is 0 Å². The summed E-state index contributed by atoms with van der Waals surface area (Å²) in [6.07, 6.45) is 1.06. The van der Waals surface area contributed by atoms with Crippen molar-refractivity contribution in [3.05, 3.63) is 23.0 Å². The largest absolute Gasteiger partial charge is 0.443 e. The second kappa shape index (κ2) is 7.26. The van der Waals surface area contributed by atoms with Gasteiger partial charge in [-0.15, -0.1) is 0 Å². The van der Waals surface area contributed by atoms with Gasteiger partial charge in [0.2, 0.25) is 0 Å². The molecule has 0 bridgehead atoms. The number of aryl methyl sites for hydroxylation is 1. The number of aromatic nitrogens is 1. The number of methoxy groups -OCH3 is 1. The lowest BCUT2D eigenvalue weighted by atomic mass is 10.2. The zero-order valence-electron chi connectivity index (χ0n) is 13.7. The molecule has 0 spiro atoms. The van der Waals surface area contributed by atoms with Crippen molar-refractivity contribution >= 4 is 12.3 Å². The van der Waals surface area contributed by atoms with Crippen LogP contribution in [0.4, 0.5) is 4.79 Å². The summed E-state index contributed by atoms with van der Waals surface area (Å²) in [6.45, 7) is 10.9. The second-order valence-electron chi connectivity index (χ2n) is 5.84. The standard InChI is InChI=1S/C15H25N3O3/c1-11-9-13(12(2)18(11)7-8-20-6)10-16-17-14(19)21-15(3,4)5/h9-10H,7-8H2,1-6H3,(H,17,19)/b16-10-. The number of nitrogens with zero attached hydrogens (tertiary/aromatic N) is 2. The van der Waals surface area contributed by atoms with E-state index in [1.165, 1.54) is 0 Å². The third-order valence-corrected chi connectivity index (χ3v) is 2.89. The average Bonchev–Trinajstić information content (AvgIpc) is 2.60. The van der Waals surface area contributed by atoms with E-state index >= 15 is 0 Å². The van der Waals surface area contributed by atoms with Crippen LogP contribution in [-0.2, 0) is 16.0 Å². The summed E-state index contributed by atoms with van der Waals surface area (Å²) < 4.78 is 12.3. The van der Waals surface area contributed by atoms with Crippen LogP contribution in [0, 0.1) is 13.8 Å². The highest BCUT2D eigenvalue weighted by Gasteiger charge is 2.15. The number of carbonyl (C=O) groups is 1. The fourth-order valence-electron chi connectivity index (χ4n) is 1.94. The first kappa shape index (κ1) is 17.2. The Morgan fingerprint density at radius 3 is 2.67 bits per heavy atom. The lowest BCUT2D eigenvalue weighted by Gasteiger charge is -2.18. The Hall–Kier alpha value is -1.82. The number of ether oxygens (including phenoxy) is 2. The van der Waals surface area contributed by atoms with Gasteiger partial charge in [-0.05, 0) is 40.7 Å². The summed E-state index contributed by atoms with van der Waals surface area (Å²) in [4.78, 5) is 11.5. The zero-order valence-corrected chi connectivity index (χ0v) is 13.7. The SMILES string of the molecule is COCCn1c(C)cc(/C=N\NC(=O)OC(C)(C)C)c1C. The van der Waals surface area contributed by atoms with E-state index in [1.807, 2.05) is 19.9 Å². The van der Waals surface area contributed by atoms with Crippen LogP contribution in [0.25, 0.3) is 0 Å². The molecule has 0 saturated heterocycles. The minimum Gasteiger partial charge on any atom is -0.443 e. The molecule has 1 heterocycles. The molecule has 0 aromatic carbocycles. The average molecular weight is 295 g/mol. The number of amides is 1. The molecule has 6 nitrogen and oxygen atoms in total. The monoisotopic (exact) mass is 295 g/mol. The molecule has 1 aromatic rings. The van der Waals surface area contributed by atoms with Crippen LogP contribution in [0.5, 0.6) is 0 Å². The predicted octanol–water partition coefficient (Wildman–Crippen LogP) is 2.61. The van der Waals surface area contributed by atoms with Gasteiger partial charge in [0.1, 0.15) is 5.60 Å². The van der Waals surface area contributed by atoms with Crippen molar-refractivity contribution in [3.63, 3.8) is 0 Å². The van der Waals surface area contributed by atoms with Crippen LogP contribution in [0.2, 0.25) is 0 Å². The van der Waals surface area contributed by atoms with Crippen molar-refractivity contribution in [2.45, 2.75) is 46.8 Å². The number of hydrogen-bond donors (Lipinski definition) is 1. The Morgan fingerprint density at radius 2 is 2.10 bits per heavy atom. The van der Waals surface area contributed by atoms with E-state index in [-0.39, 0.29) is 0 Å². The van der Waals surface area contributed by atoms with Crippen LogP contribution < -0.4 is 5.43 Å². The summed E-state index contributed by atoms with van der Waals surface area (Å²) in [5.41, 5.74) is 5.00. The van der Waals surface area contributed by atoms with Gasteiger partial charge < -0.3 is 14.0 Å². The minimum atomic E-state index is -0.563. The number of hydrogen-bond acceptors (Lipinski definition) is 4. The van der Waals surface area contributed by atoms with E-state index in [4.69, 9.17) is 9.47 Å². The van der Waals surface area contributed by atoms with E-state index < -0.39 is 11.7 Å². The lowest BCUT2D eigenvalue weighted by Crippen LogP contribution is -2.29. The first-order valence-electron chi connectivity index (χ1n) is 6.92. The van der Waals surface area contributed by atoms with Crippen LogP contribution in [-0.4, -0.2) is 36.2 Å². The van der Waals surface area contributed by atoms with Crippen molar-refractivity contribution in [2.24, 2.45) is 5.10 Å². The molecule has 6 heteroatoms. The summed E-state index contributed by atoms with van der Waals surface area (Å²) in [6, 6.07) is 2.02. The summed E-state index contributed by atoms with van der Waals surface area (Å²) >= 11 is 0. The third-order valence-electron chi connectivity index (χ3n) is 2.89. The molecule has 1 amide bonds. The van der Waals surface area contributed by atoms with Gasteiger partial charge in [-0.3, -0.25) is 0 Å². The molecule has 0 radical (unpaired) electrons. The highest BCUT2D eigenvalue weighted by Crippen LogP contribution is 2.13. The Labute approximate surface area is 126 Å². The third kappa shape index (κ3) is 5.59. The maximum Gasteiger partial charge on any atom is 0.428 e. The maximum absolute atomic E-state index is 11.5. The molecule has 0 fully saturated rings. The fourth-order valence-corrected chi connectivity index (χ4v) is 1.94. The van der Waals surface area contributed by atoms with Crippen molar-refractivity contribution in [1.82, 2.24) is 9.99 Å². The van der Waals surface area contributed by atoms with Crippen molar-refractivity contribution in [1.29, 1.82) is 0 Å². The highest BCUT2D eigenvalue weighted by molar-refractivity contribution is 5.82. The molecule has 1 N–H and O–H groups in total. The Balaban J connectivity index is 2.67. The van der Waals surface area contributed by atoms with Crippen molar-refractivity contribution in [3.8, 4) is 0 Å². The van der Waals surface area contributed by atoms with Crippen molar-refractivity contribution in [2.75, 3.05) is 13.7 Å². The van der Waals surface area contributed by atoms with Crippen LogP contribution in [0.3, 0.4) is 0 Å². The molecule has 21 heavy (non-hydrogen) atoms. The first-order chi connectivity index (χ1) is 9.74. The molecule has 1 aromatic heterocycles. The molecular formula is C15H25N3O3. The quantitative estimate of drug-likeness (QED) is 0.671.